The van der Waals surface area contributed by atoms with E-state index >= 15 is 0 Å². The van der Waals surface area contributed by atoms with E-state index in [0.717, 1.165) is 11.1 Å². The summed E-state index contributed by atoms with van der Waals surface area (Å²) in [5.41, 5.74) is 1.68. The average molecular weight is 977 g/mol. The lowest BCUT2D eigenvalue weighted by Crippen LogP contribution is -2.61. The fraction of sp³-hybridized carbons (Fsp3) is 0.636. The van der Waals surface area contributed by atoms with Crippen molar-refractivity contribution in [3.05, 3.63) is 83.1 Å². The topological polar surface area (TPSA) is 391 Å². The van der Waals surface area contributed by atoms with Crippen LogP contribution in [0.5, 0.6) is 0 Å². The van der Waals surface area contributed by atoms with Gasteiger partial charge in [0.15, 0.2) is 12.6 Å². The molecular weight excluding hydrogens is 912 g/mol. The van der Waals surface area contributed by atoms with Gasteiger partial charge in [-0.3, -0.25) is 0 Å². The summed E-state index contributed by atoms with van der Waals surface area (Å²) in [6.45, 7) is 3.80. The van der Waals surface area contributed by atoms with E-state index in [1.165, 1.54) is 26.0 Å². The Balaban J connectivity index is 1.23. The maximum absolute atomic E-state index is 12.8. The first-order valence-electron chi connectivity index (χ1n) is 21.5. The van der Waals surface area contributed by atoms with Crippen molar-refractivity contribution in [2.45, 2.75) is 151 Å². The number of esters is 2. The molecule has 0 saturated carbocycles. The van der Waals surface area contributed by atoms with E-state index < -0.39 is 161 Å². The number of hydrogen-bond donors (Lipinski definition) is 14. The zero-order valence-electron chi connectivity index (χ0n) is 37.5. The number of aliphatic hydroxyl groups excluding tert-OH is 14. The molecule has 0 aromatic carbocycles. The molecular formula is C44H64O24. The van der Waals surface area contributed by atoms with Crippen molar-refractivity contribution in [1.82, 2.24) is 0 Å². The van der Waals surface area contributed by atoms with E-state index in [1.807, 2.05) is 0 Å². The van der Waals surface area contributed by atoms with Crippen molar-refractivity contribution in [1.29, 1.82) is 0 Å². The smallest absolute Gasteiger partial charge is 0.336 e. The van der Waals surface area contributed by atoms with Crippen LogP contribution in [0.1, 0.15) is 27.7 Å². The summed E-state index contributed by atoms with van der Waals surface area (Å²) in [6, 6.07) is 0. The van der Waals surface area contributed by atoms with E-state index in [1.54, 1.807) is 62.5 Å². The van der Waals surface area contributed by atoms with Crippen LogP contribution in [0.3, 0.4) is 0 Å². The van der Waals surface area contributed by atoms with E-state index in [2.05, 4.69) is 0 Å². The van der Waals surface area contributed by atoms with Crippen LogP contribution in [0, 0.1) is 0 Å². The standard InChI is InChI=1S/C44H64O24/c1-19(11-7-13-21(3)39(59)67-43-37(57)33(53)29(49)25(65-43)17-61-41-35(55)31(51)27(47)23(15-45)63-41)9-5-6-10-20(2)12-8-14-22(4)40(60)68-44-38(58)34(54)30(50)26(66-44)18-62-42-36(56)32(52)28(48)24(16-46)64-42/h5-14,23-38,41-58H,15-18H2,1-4H3/b6-5+,11-7+,12-8+,19-9-,20-10+,21-13+,22-14+/t23-,24-,25-,26-,27-,28-,29-,30-,31+,32+,33+,34+,35-,36-,37-,38-,41-,42-,43+,44+/m1/s1. The second-order valence-electron chi connectivity index (χ2n) is 16.5. The van der Waals surface area contributed by atoms with Crippen molar-refractivity contribution < 1.29 is 119 Å². The Kier molecular flexibility index (Phi) is 22.2. The molecule has 0 unspecified atom stereocenters. The highest BCUT2D eigenvalue weighted by Gasteiger charge is 2.50. The summed E-state index contributed by atoms with van der Waals surface area (Å²) in [7, 11) is 0. The van der Waals surface area contributed by atoms with Crippen LogP contribution in [0.2, 0.25) is 0 Å². The number of hydrogen-bond acceptors (Lipinski definition) is 24. The Hall–Kier alpha value is -3.68. The second-order valence-corrected chi connectivity index (χ2v) is 16.5. The summed E-state index contributed by atoms with van der Waals surface area (Å²) in [4.78, 5) is 25.6. The Morgan fingerprint density at radius 1 is 0.397 bits per heavy atom. The fourth-order valence-electron chi connectivity index (χ4n) is 6.84. The summed E-state index contributed by atoms with van der Waals surface area (Å²) in [6.07, 6.45) is -16.8. The highest BCUT2D eigenvalue weighted by Crippen LogP contribution is 2.28. The van der Waals surface area contributed by atoms with E-state index in [4.69, 9.17) is 37.9 Å². The largest absolute Gasteiger partial charge is 0.429 e. The minimum Gasteiger partial charge on any atom is -0.429 e. The first-order valence-corrected chi connectivity index (χ1v) is 21.5. The molecule has 4 saturated heterocycles. The van der Waals surface area contributed by atoms with Gasteiger partial charge in [-0.1, -0.05) is 71.9 Å². The molecule has 4 aliphatic rings. The monoisotopic (exact) mass is 976 g/mol. The molecule has 0 spiro atoms. The van der Waals surface area contributed by atoms with Crippen LogP contribution in [-0.4, -0.2) is 233 Å². The normalized spacial score (nSPS) is 40.3. The summed E-state index contributed by atoms with van der Waals surface area (Å²) >= 11 is 0. The minimum atomic E-state index is -1.86. The molecule has 4 heterocycles. The van der Waals surface area contributed by atoms with Gasteiger partial charge in [-0.25, -0.2) is 9.59 Å². The van der Waals surface area contributed by atoms with Gasteiger partial charge in [-0.2, -0.15) is 0 Å². The predicted octanol–water partition coefficient (Wildman–Crippen LogP) is -5.23. The Morgan fingerprint density at radius 2 is 0.691 bits per heavy atom. The highest BCUT2D eigenvalue weighted by molar-refractivity contribution is 5.88. The predicted molar refractivity (Wildman–Crippen MR) is 227 cm³/mol. The molecule has 0 aliphatic carbocycles. The van der Waals surface area contributed by atoms with Crippen LogP contribution in [0.15, 0.2) is 83.1 Å². The van der Waals surface area contributed by atoms with E-state index in [9.17, 15) is 81.1 Å². The molecule has 0 amide bonds. The Labute approximate surface area is 390 Å². The quantitative estimate of drug-likeness (QED) is 0.0347. The molecule has 14 N–H and O–H groups in total. The number of ether oxygens (including phenoxy) is 8. The van der Waals surface area contributed by atoms with Crippen LogP contribution >= 0.6 is 0 Å². The lowest BCUT2D eigenvalue weighted by molar-refractivity contribution is -0.326. The minimum absolute atomic E-state index is 0.0726. The molecule has 4 aliphatic heterocycles. The van der Waals surface area contributed by atoms with E-state index in [0.29, 0.717) is 0 Å². The molecule has 24 heteroatoms. The van der Waals surface area contributed by atoms with Crippen LogP contribution in [0.4, 0.5) is 0 Å². The lowest BCUT2D eigenvalue weighted by atomic mass is 9.98. The third-order valence-electron chi connectivity index (χ3n) is 11.2. The van der Waals surface area contributed by atoms with Crippen molar-refractivity contribution in [2.24, 2.45) is 0 Å². The number of rotatable bonds is 18. The first-order chi connectivity index (χ1) is 32.1. The van der Waals surface area contributed by atoms with Gasteiger partial charge >= 0.3 is 11.9 Å². The lowest BCUT2D eigenvalue weighted by Gasteiger charge is -2.42. The molecule has 24 nitrogen and oxygen atoms in total. The summed E-state index contributed by atoms with van der Waals surface area (Å²) in [5, 5.41) is 142. The number of carbonyl (C=O) groups is 2. The molecule has 0 aromatic heterocycles. The van der Waals surface area contributed by atoms with Crippen molar-refractivity contribution in [3.63, 3.8) is 0 Å². The summed E-state index contributed by atoms with van der Waals surface area (Å²) < 4.78 is 42.7. The van der Waals surface area contributed by atoms with Crippen LogP contribution in [0.25, 0.3) is 0 Å². The molecule has 0 aromatic rings. The van der Waals surface area contributed by atoms with Gasteiger partial charge in [-0.05, 0) is 27.7 Å². The molecule has 4 fully saturated rings. The molecule has 0 radical (unpaired) electrons. The zero-order chi connectivity index (χ0) is 50.6. The maximum Gasteiger partial charge on any atom is 0.336 e. The average Bonchev–Trinajstić information content (AvgIpc) is 3.31. The molecule has 20 atom stereocenters. The second kappa shape index (κ2) is 26.5. The van der Waals surface area contributed by atoms with Crippen LogP contribution < -0.4 is 0 Å². The molecule has 68 heavy (non-hydrogen) atoms. The van der Waals surface area contributed by atoms with Crippen molar-refractivity contribution in [2.75, 3.05) is 26.4 Å². The van der Waals surface area contributed by atoms with Crippen LogP contribution in [-0.2, 0) is 47.5 Å². The Morgan fingerprint density at radius 3 is 1.01 bits per heavy atom. The SMILES string of the molecule is CC(=C/C=C/C=C(C)/C=C/C=C(\C)C(=O)O[C@@H]1O[C@H](CO[C@@H]2O[C@H](CO)[C@@H](O)[C@H](O)[C@H]2O)[C@@H](O)[C@H](O)[C@H]1O)/C=C/C=C(\C)C(=O)O[C@@H]1O[C@H](CO[C@@H]2O[C@H](CO)[C@@H](O)[C@H](O)[C@H]2O)[C@@H](O)[C@H](O)[C@H]1O. The van der Waals surface area contributed by atoms with Gasteiger partial charge < -0.3 is 109 Å². The van der Waals surface area contributed by atoms with Crippen molar-refractivity contribution in [3.8, 4) is 0 Å². The highest BCUT2D eigenvalue weighted by atomic mass is 16.8. The number of carbonyl (C=O) groups excluding carboxylic acids is 2. The molecule has 4 rings (SSSR count). The van der Waals surface area contributed by atoms with Gasteiger partial charge in [0.2, 0.25) is 12.6 Å². The fourth-order valence-corrected chi connectivity index (χ4v) is 6.84. The van der Waals surface area contributed by atoms with Gasteiger partial charge in [-0.15, -0.1) is 0 Å². The first kappa shape index (κ1) is 56.9. The number of aliphatic hydroxyl groups is 14. The van der Waals surface area contributed by atoms with Gasteiger partial charge in [0.25, 0.3) is 0 Å². The third kappa shape index (κ3) is 14.9. The Bertz CT molecular complexity index is 1730. The maximum atomic E-state index is 12.8. The van der Waals surface area contributed by atoms with Gasteiger partial charge in [0.05, 0.1) is 26.4 Å². The van der Waals surface area contributed by atoms with Gasteiger partial charge in [0.1, 0.15) is 97.7 Å². The molecule has 0 bridgehead atoms. The number of allylic oxidation sites excluding steroid dienone is 12. The summed E-state index contributed by atoms with van der Waals surface area (Å²) in [5.74, 6) is -1.86. The third-order valence-corrected chi connectivity index (χ3v) is 11.2. The zero-order valence-corrected chi connectivity index (χ0v) is 37.5. The van der Waals surface area contributed by atoms with E-state index in [-0.39, 0.29) is 11.1 Å². The van der Waals surface area contributed by atoms with Crippen molar-refractivity contribution >= 4 is 11.9 Å². The molecule has 384 valence electrons. The van der Waals surface area contributed by atoms with Gasteiger partial charge in [0, 0.05) is 11.1 Å².